The molecular weight excluding hydrogens is 475 g/mol. The molecule has 0 saturated heterocycles. The number of hydrogen-bond acceptors (Lipinski definition) is 6. The smallest absolute Gasteiger partial charge is 0.416 e. The van der Waals surface area contributed by atoms with Crippen molar-refractivity contribution in [2.45, 2.75) is 25.5 Å². The molecule has 188 valence electrons. The Morgan fingerprint density at radius 1 is 1.33 bits per heavy atom. The highest BCUT2D eigenvalue weighted by Gasteiger charge is 2.44. The van der Waals surface area contributed by atoms with E-state index in [0.29, 0.717) is 11.1 Å². The second kappa shape index (κ2) is 10.6. The van der Waals surface area contributed by atoms with E-state index < -0.39 is 30.1 Å². The van der Waals surface area contributed by atoms with Gasteiger partial charge in [-0.05, 0) is 49.9 Å². The van der Waals surface area contributed by atoms with E-state index in [1.54, 1.807) is 12.1 Å². The lowest BCUT2D eigenvalue weighted by atomic mass is 9.92. The maximum absolute atomic E-state index is 13.4. The number of halogens is 3. The highest BCUT2D eigenvalue weighted by molar-refractivity contribution is 6.04. The molecule has 2 aromatic rings. The monoisotopic (exact) mass is 499 g/mol. The number of aliphatic hydroxyl groups excluding tert-OH is 1. The number of rotatable bonds is 7. The minimum absolute atomic E-state index is 0.00994. The van der Waals surface area contributed by atoms with E-state index in [1.165, 1.54) is 44.3 Å². The Labute approximate surface area is 206 Å². The zero-order chi connectivity index (χ0) is 26.6. The number of alkyl halides is 3. The third kappa shape index (κ3) is 5.10. The van der Waals surface area contributed by atoms with Gasteiger partial charge in [-0.25, -0.2) is 4.79 Å². The molecule has 2 atom stereocenters. The molecule has 3 rings (SSSR count). The van der Waals surface area contributed by atoms with Crippen molar-refractivity contribution >= 4 is 17.6 Å². The highest BCUT2D eigenvalue weighted by Crippen LogP contribution is 2.41. The normalized spacial score (nSPS) is 17.0. The number of nitrogens with zero attached hydrogens (tertiary/aromatic N) is 3. The average molecular weight is 499 g/mol. The number of benzene rings is 2. The summed E-state index contributed by atoms with van der Waals surface area (Å²) in [5, 5.41) is 31.5. The maximum Gasteiger partial charge on any atom is 0.416 e. The zero-order valence-electron chi connectivity index (χ0n) is 19.5. The lowest BCUT2D eigenvalue weighted by Crippen LogP contribution is -2.58. The fourth-order valence-corrected chi connectivity index (χ4v) is 3.93. The van der Waals surface area contributed by atoms with Gasteiger partial charge in [0.15, 0.2) is 6.35 Å². The Bertz CT molecular complexity index is 1230. The SMILES string of the molecule is C=CCOC(=O)C1=C(C)N(c2cccc(C(F)(F)F)c2)C(=N)N(C(O)NC)C1c1ccc(C#N)cc1. The molecule has 1 aliphatic rings. The number of esters is 1. The molecule has 0 aromatic heterocycles. The van der Waals surface area contributed by atoms with Crippen LogP contribution in [0.4, 0.5) is 18.9 Å². The highest BCUT2D eigenvalue weighted by atomic mass is 19.4. The van der Waals surface area contributed by atoms with Crippen LogP contribution < -0.4 is 10.2 Å². The molecule has 11 heteroatoms. The van der Waals surface area contributed by atoms with Gasteiger partial charge >= 0.3 is 12.1 Å². The summed E-state index contributed by atoms with van der Waals surface area (Å²) in [6.07, 6.45) is -4.78. The van der Waals surface area contributed by atoms with Gasteiger partial charge in [-0.15, -0.1) is 0 Å². The molecule has 0 spiro atoms. The molecule has 36 heavy (non-hydrogen) atoms. The number of nitrogens with one attached hydrogen (secondary N) is 2. The van der Waals surface area contributed by atoms with E-state index in [0.717, 1.165) is 21.9 Å². The Morgan fingerprint density at radius 2 is 2.00 bits per heavy atom. The number of nitriles is 1. The number of allylic oxidation sites excluding steroid dienone is 1. The van der Waals surface area contributed by atoms with Crippen LogP contribution >= 0.6 is 0 Å². The Hall–Kier alpha value is -4.14. The van der Waals surface area contributed by atoms with E-state index in [9.17, 15) is 23.1 Å². The van der Waals surface area contributed by atoms with Crippen LogP contribution in [0.25, 0.3) is 0 Å². The van der Waals surface area contributed by atoms with E-state index in [2.05, 4.69) is 11.9 Å². The van der Waals surface area contributed by atoms with Gasteiger partial charge in [0.05, 0.1) is 28.8 Å². The zero-order valence-corrected chi connectivity index (χ0v) is 19.5. The summed E-state index contributed by atoms with van der Waals surface area (Å²) in [5.74, 6) is -1.19. The van der Waals surface area contributed by atoms with Crippen LogP contribution in [-0.2, 0) is 15.7 Å². The van der Waals surface area contributed by atoms with E-state index in [1.807, 2.05) is 6.07 Å². The van der Waals surface area contributed by atoms with Gasteiger partial charge in [0.25, 0.3) is 0 Å². The van der Waals surface area contributed by atoms with Crippen molar-refractivity contribution in [3.05, 3.63) is 89.1 Å². The van der Waals surface area contributed by atoms with Crippen LogP contribution in [0.3, 0.4) is 0 Å². The summed E-state index contributed by atoms with van der Waals surface area (Å²) in [7, 11) is 1.42. The molecule has 8 nitrogen and oxygen atoms in total. The number of aliphatic hydroxyl groups is 1. The summed E-state index contributed by atoms with van der Waals surface area (Å²) in [6.45, 7) is 4.87. The molecule has 0 bridgehead atoms. The number of carbonyl (C=O) groups is 1. The van der Waals surface area contributed by atoms with Crippen molar-refractivity contribution in [1.29, 1.82) is 10.7 Å². The third-order valence-corrected chi connectivity index (χ3v) is 5.59. The van der Waals surface area contributed by atoms with Crippen LogP contribution in [0.1, 0.15) is 29.7 Å². The van der Waals surface area contributed by atoms with Crippen molar-refractivity contribution in [3.63, 3.8) is 0 Å². The lowest BCUT2D eigenvalue weighted by Gasteiger charge is -2.46. The third-order valence-electron chi connectivity index (χ3n) is 5.59. The predicted octanol–water partition coefficient (Wildman–Crippen LogP) is 3.87. The molecule has 1 aliphatic heterocycles. The number of ether oxygens (including phenoxy) is 1. The number of hydrogen-bond donors (Lipinski definition) is 3. The van der Waals surface area contributed by atoms with Crippen LogP contribution in [0.15, 0.2) is 72.5 Å². The summed E-state index contributed by atoms with van der Waals surface area (Å²) in [5.41, 5.74) is -0.0418. The maximum atomic E-state index is 13.4. The van der Waals surface area contributed by atoms with Gasteiger partial charge < -0.3 is 9.84 Å². The number of anilines is 1. The molecule has 0 amide bonds. The van der Waals surface area contributed by atoms with Gasteiger partial charge in [0.2, 0.25) is 5.96 Å². The number of carbonyl (C=O) groups excluding carboxylic acids is 1. The molecule has 0 radical (unpaired) electrons. The second-order valence-corrected chi connectivity index (χ2v) is 7.80. The standard InChI is InChI=1S/C25H24F3N5O3/c1-4-12-36-22(34)20-15(2)32(19-7-5-6-18(13-19)25(26,27)28)23(30)33(24(35)31-3)21(20)17-10-8-16(14-29)9-11-17/h4-11,13,21,24,30-31,35H,1,12H2,2-3H3. The number of guanidine groups is 1. The van der Waals surface area contributed by atoms with Crippen LogP contribution in [-0.4, -0.2) is 41.9 Å². The van der Waals surface area contributed by atoms with E-state index in [-0.39, 0.29) is 29.5 Å². The van der Waals surface area contributed by atoms with Crippen LogP contribution in [0.2, 0.25) is 0 Å². The summed E-state index contributed by atoms with van der Waals surface area (Å²) in [4.78, 5) is 15.5. The molecule has 3 N–H and O–H groups in total. The first-order valence-electron chi connectivity index (χ1n) is 10.7. The van der Waals surface area contributed by atoms with Gasteiger partial charge in [0.1, 0.15) is 6.61 Å². The largest absolute Gasteiger partial charge is 0.458 e. The molecule has 0 aliphatic carbocycles. The minimum Gasteiger partial charge on any atom is -0.458 e. The Morgan fingerprint density at radius 3 is 2.56 bits per heavy atom. The average Bonchev–Trinajstić information content (AvgIpc) is 2.86. The van der Waals surface area contributed by atoms with Crippen molar-refractivity contribution in [3.8, 4) is 6.07 Å². The summed E-state index contributed by atoms with van der Waals surface area (Å²) < 4.78 is 45.6. The van der Waals surface area contributed by atoms with Crippen molar-refractivity contribution in [2.75, 3.05) is 18.6 Å². The van der Waals surface area contributed by atoms with Gasteiger partial charge in [0, 0.05) is 11.4 Å². The molecule has 0 fully saturated rings. The first-order chi connectivity index (χ1) is 17.0. The lowest BCUT2D eigenvalue weighted by molar-refractivity contribution is -0.139. The first-order valence-corrected chi connectivity index (χ1v) is 10.7. The van der Waals surface area contributed by atoms with Gasteiger partial charge in [-0.1, -0.05) is 30.9 Å². The molecule has 2 unspecified atom stereocenters. The molecule has 0 saturated carbocycles. The second-order valence-electron chi connectivity index (χ2n) is 7.80. The van der Waals surface area contributed by atoms with Crippen LogP contribution in [0, 0.1) is 16.7 Å². The molecular formula is C25H24F3N5O3. The quantitative estimate of drug-likeness (QED) is 0.301. The van der Waals surface area contributed by atoms with E-state index in [4.69, 9.17) is 15.4 Å². The molecule has 1 heterocycles. The van der Waals surface area contributed by atoms with Crippen molar-refractivity contribution < 1.29 is 27.8 Å². The van der Waals surface area contributed by atoms with Crippen molar-refractivity contribution in [2.24, 2.45) is 0 Å². The van der Waals surface area contributed by atoms with Gasteiger partial charge in [-0.2, -0.15) is 18.4 Å². The Kier molecular flexibility index (Phi) is 7.82. The molecule has 2 aromatic carbocycles. The van der Waals surface area contributed by atoms with Crippen molar-refractivity contribution in [1.82, 2.24) is 10.2 Å². The topological polar surface area (TPSA) is 113 Å². The first kappa shape index (κ1) is 26.5. The van der Waals surface area contributed by atoms with E-state index >= 15 is 0 Å². The van der Waals surface area contributed by atoms with Crippen LogP contribution in [0.5, 0.6) is 0 Å². The fourth-order valence-electron chi connectivity index (χ4n) is 3.93. The fraction of sp³-hybridized carbons (Fsp3) is 0.240. The van der Waals surface area contributed by atoms with Gasteiger partial charge in [-0.3, -0.25) is 20.5 Å². The summed E-state index contributed by atoms with van der Waals surface area (Å²) in [6, 6.07) is 11.4. The Balaban J connectivity index is 2.29. The predicted molar refractivity (Wildman–Crippen MR) is 126 cm³/mol. The minimum atomic E-state index is -4.63. The summed E-state index contributed by atoms with van der Waals surface area (Å²) >= 11 is 0.